The number of hydrogen-bond acceptors (Lipinski definition) is 3. The molecule has 1 aromatic rings. The summed E-state index contributed by atoms with van der Waals surface area (Å²) in [7, 11) is 0. The van der Waals surface area contributed by atoms with Crippen molar-refractivity contribution in [2.24, 2.45) is 5.41 Å². The first-order chi connectivity index (χ1) is 9.02. The molecule has 19 heavy (non-hydrogen) atoms. The Morgan fingerprint density at radius 2 is 2.00 bits per heavy atom. The standard InChI is InChI=1S/C15H22N2O2/c1-12-7-6-8-13(14(12)17(18)19)16-11-15(2)9-4-3-5-10-15/h6-8,16H,3-5,9-11H2,1-2H3. The maximum Gasteiger partial charge on any atom is 0.295 e. The van der Waals surface area contributed by atoms with Gasteiger partial charge in [0.15, 0.2) is 0 Å². The molecular weight excluding hydrogens is 240 g/mol. The normalized spacial score (nSPS) is 18.0. The van der Waals surface area contributed by atoms with Crippen LogP contribution >= 0.6 is 0 Å². The van der Waals surface area contributed by atoms with E-state index in [2.05, 4.69) is 12.2 Å². The maximum absolute atomic E-state index is 11.1. The van der Waals surface area contributed by atoms with Crippen molar-refractivity contribution in [3.63, 3.8) is 0 Å². The van der Waals surface area contributed by atoms with E-state index < -0.39 is 0 Å². The first kappa shape index (κ1) is 13.8. The average Bonchev–Trinajstić information content (AvgIpc) is 2.37. The molecule has 0 saturated heterocycles. The minimum absolute atomic E-state index is 0.210. The highest BCUT2D eigenvalue weighted by atomic mass is 16.6. The van der Waals surface area contributed by atoms with Gasteiger partial charge in [0, 0.05) is 12.1 Å². The number of nitro groups is 1. The van der Waals surface area contributed by atoms with Crippen LogP contribution in [0.15, 0.2) is 18.2 Å². The Morgan fingerprint density at radius 3 is 2.63 bits per heavy atom. The number of anilines is 1. The molecule has 0 bridgehead atoms. The minimum atomic E-state index is -0.291. The summed E-state index contributed by atoms with van der Waals surface area (Å²) in [5, 5.41) is 14.4. The summed E-state index contributed by atoms with van der Waals surface area (Å²) in [5.41, 5.74) is 1.85. The van der Waals surface area contributed by atoms with Crippen LogP contribution in [0.2, 0.25) is 0 Å². The van der Waals surface area contributed by atoms with Crippen LogP contribution in [-0.2, 0) is 0 Å². The van der Waals surface area contributed by atoms with E-state index >= 15 is 0 Å². The van der Waals surface area contributed by atoms with E-state index in [-0.39, 0.29) is 16.0 Å². The van der Waals surface area contributed by atoms with Gasteiger partial charge in [0.2, 0.25) is 0 Å². The summed E-state index contributed by atoms with van der Waals surface area (Å²) in [6.45, 7) is 4.88. The van der Waals surface area contributed by atoms with E-state index in [4.69, 9.17) is 0 Å². The monoisotopic (exact) mass is 262 g/mol. The Labute approximate surface area is 114 Å². The number of nitrogens with zero attached hydrogens (tertiary/aromatic N) is 1. The zero-order chi connectivity index (χ0) is 13.9. The number of nitrogens with one attached hydrogen (secondary N) is 1. The summed E-state index contributed by atoms with van der Waals surface area (Å²) in [5.74, 6) is 0. The average molecular weight is 262 g/mol. The van der Waals surface area contributed by atoms with Gasteiger partial charge in [-0.2, -0.15) is 0 Å². The molecule has 104 valence electrons. The quantitative estimate of drug-likeness (QED) is 0.650. The molecule has 1 aromatic carbocycles. The molecule has 2 rings (SSSR count). The molecule has 0 heterocycles. The summed E-state index contributed by atoms with van der Waals surface area (Å²) in [6, 6.07) is 5.46. The third kappa shape index (κ3) is 3.25. The fourth-order valence-corrected chi connectivity index (χ4v) is 2.93. The van der Waals surface area contributed by atoms with Gasteiger partial charge in [-0.25, -0.2) is 0 Å². The molecule has 0 unspecified atom stereocenters. The van der Waals surface area contributed by atoms with E-state index in [1.165, 1.54) is 32.1 Å². The van der Waals surface area contributed by atoms with E-state index in [0.717, 1.165) is 6.54 Å². The van der Waals surface area contributed by atoms with Crippen molar-refractivity contribution < 1.29 is 4.92 Å². The second-order valence-electron chi connectivity index (χ2n) is 5.95. The molecule has 4 nitrogen and oxygen atoms in total. The molecule has 0 spiro atoms. The first-order valence-electron chi connectivity index (χ1n) is 7.00. The van der Waals surface area contributed by atoms with Crippen molar-refractivity contribution in [3.8, 4) is 0 Å². The molecule has 1 fully saturated rings. The molecule has 1 aliphatic carbocycles. The molecule has 1 aliphatic rings. The second-order valence-corrected chi connectivity index (χ2v) is 5.95. The van der Waals surface area contributed by atoms with Crippen LogP contribution in [0, 0.1) is 22.5 Å². The Kier molecular flexibility index (Phi) is 4.08. The van der Waals surface area contributed by atoms with E-state index in [0.29, 0.717) is 11.3 Å². The lowest BCUT2D eigenvalue weighted by Gasteiger charge is -2.34. The number of nitro benzene ring substituents is 1. The maximum atomic E-state index is 11.1. The molecule has 0 radical (unpaired) electrons. The lowest BCUT2D eigenvalue weighted by Crippen LogP contribution is -2.29. The van der Waals surface area contributed by atoms with E-state index in [1.807, 2.05) is 6.07 Å². The third-order valence-corrected chi connectivity index (χ3v) is 4.19. The highest BCUT2D eigenvalue weighted by Gasteiger charge is 2.27. The van der Waals surface area contributed by atoms with E-state index in [9.17, 15) is 10.1 Å². The highest BCUT2D eigenvalue weighted by Crippen LogP contribution is 2.37. The molecule has 0 amide bonds. The van der Waals surface area contributed by atoms with Gasteiger partial charge in [-0.3, -0.25) is 10.1 Å². The van der Waals surface area contributed by atoms with Crippen molar-refractivity contribution in [1.82, 2.24) is 0 Å². The Hall–Kier alpha value is -1.58. The largest absolute Gasteiger partial charge is 0.379 e. The van der Waals surface area contributed by atoms with Crippen LogP contribution in [0.5, 0.6) is 0 Å². The van der Waals surface area contributed by atoms with Gasteiger partial charge in [-0.05, 0) is 31.2 Å². The summed E-state index contributed by atoms with van der Waals surface area (Å²) in [4.78, 5) is 10.8. The van der Waals surface area contributed by atoms with Crippen molar-refractivity contribution in [2.75, 3.05) is 11.9 Å². The van der Waals surface area contributed by atoms with Crippen molar-refractivity contribution >= 4 is 11.4 Å². The smallest absolute Gasteiger partial charge is 0.295 e. The third-order valence-electron chi connectivity index (χ3n) is 4.19. The molecule has 1 N–H and O–H groups in total. The van der Waals surface area contributed by atoms with Crippen LogP contribution in [0.3, 0.4) is 0 Å². The van der Waals surface area contributed by atoms with Crippen molar-refractivity contribution in [1.29, 1.82) is 0 Å². The van der Waals surface area contributed by atoms with Gasteiger partial charge in [0.25, 0.3) is 5.69 Å². The van der Waals surface area contributed by atoms with E-state index in [1.54, 1.807) is 19.1 Å². The van der Waals surface area contributed by atoms with Crippen LogP contribution < -0.4 is 5.32 Å². The summed E-state index contributed by atoms with van der Waals surface area (Å²) in [6.07, 6.45) is 6.28. The summed E-state index contributed by atoms with van der Waals surface area (Å²) >= 11 is 0. The van der Waals surface area contributed by atoms with Gasteiger partial charge in [-0.1, -0.05) is 38.3 Å². The van der Waals surface area contributed by atoms with Crippen molar-refractivity contribution in [2.45, 2.75) is 46.0 Å². The van der Waals surface area contributed by atoms with Gasteiger partial charge in [0.05, 0.1) is 4.92 Å². The predicted octanol–water partition coefficient (Wildman–Crippen LogP) is 4.29. The molecule has 0 aliphatic heterocycles. The zero-order valence-corrected chi connectivity index (χ0v) is 11.7. The predicted molar refractivity (Wildman–Crippen MR) is 77.5 cm³/mol. The molecule has 0 atom stereocenters. The van der Waals surface area contributed by atoms with Crippen LogP contribution in [0.4, 0.5) is 11.4 Å². The van der Waals surface area contributed by atoms with Gasteiger partial charge in [-0.15, -0.1) is 0 Å². The number of benzene rings is 1. The fraction of sp³-hybridized carbons (Fsp3) is 0.600. The topological polar surface area (TPSA) is 55.2 Å². The molecule has 0 aromatic heterocycles. The van der Waals surface area contributed by atoms with Gasteiger partial charge in [0.1, 0.15) is 5.69 Å². The Morgan fingerprint density at radius 1 is 1.32 bits per heavy atom. The number of hydrogen-bond donors (Lipinski definition) is 1. The Bertz CT molecular complexity index is 465. The fourth-order valence-electron chi connectivity index (χ4n) is 2.93. The molecule has 4 heteroatoms. The SMILES string of the molecule is Cc1cccc(NCC2(C)CCCCC2)c1[N+](=O)[O-]. The number of aryl methyl sites for hydroxylation is 1. The number of rotatable bonds is 4. The lowest BCUT2D eigenvalue weighted by molar-refractivity contribution is -0.384. The van der Waals surface area contributed by atoms with Gasteiger partial charge >= 0.3 is 0 Å². The second kappa shape index (κ2) is 5.59. The van der Waals surface area contributed by atoms with Crippen LogP contribution in [0.1, 0.15) is 44.6 Å². The lowest BCUT2D eigenvalue weighted by atomic mass is 9.75. The van der Waals surface area contributed by atoms with Crippen LogP contribution in [0.25, 0.3) is 0 Å². The minimum Gasteiger partial charge on any atom is -0.379 e. The Balaban J connectivity index is 2.11. The van der Waals surface area contributed by atoms with Crippen molar-refractivity contribution in [3.05, 3.63) is 33.9 Å². The highest BCUT2D eigenvalue weighted by molar-refractivity contribution is 5.65. The van der Waals surface area contributed by atoms with Gasteiger partial charge < -0.3 is 5.32 Å². The first-order valence-corrected chi connectivity index (χ1v) is 7.00. The number of para-hydroxylation sites is 1. The molecular formula is C15H22N2O2. The molecule has 1 saturated carbocycles. The zero-order valence-electron chi connectivity index (χ0n) is 11.7. The summed E-state index contributed by atoms with van der Waals surface area (Å²) < 4.78 is 0. The van der Waals surface area contributed by atoms with Crippen LogP contribution in [-0.4, -0.2) is 11.5 Å².